The van der Waals surface area contributed by atoms with Crippen LogP contribution in [0.15, 0.2) is 61.1 Å². The van der Waals surface area contributed by atoms with Gasteiger partial charge >= 0.3 is 0 Å². The van der Waals surface area contributed by atoms with E-state index in [1.807, 2.05) is 48.0 Å². The van der Waals surface area contributed by atoms with Crippen LogP contribution in [0.2, 0.25) is 0 Å². The fraction of sp³-hybridized carbons (Fsp3) is 0.238. The summed E-state index contributed by atoms with van der Waals surface area (Å²) in [5, 5.41) is 2.88. The maximum absolute atomic E-state index is 13.7. The van der Waals surface area contributed by atoms with Crippen molar-refractivity contribution >= 4 is 5.91 Å². The van der Waals surface area contributed by atoms with Crippen LogP contribution >= 0.6 is 0 Å². The molecule has 0 aliphatic rings. The predicted molar refractivity (Wildman–Crippen MR) is 103 cm³/mol. The van der Waals surface area contributed by atoms with E-state index in [-0.39, 0.29) is 11.7 Å². The Morgan fingerprint density at radius 2 is 1.89 bits per heavy atom. The van der Waals surface area contributed by atoms with Gasteiger partial charge in [-0.2, -0.15) is 0 Å². The minimum Gasteiger partial charge on any atom is -0.352 e. The number of carbonyl (C=O) groups excluding carboxylic acids is 1. The van der Waals surface area contributed by atoms with E-state index in [9.17, 15) is 9.18 Å². The molecule has 0 saturated carbocycles. The molecule has 3 rings (SSSR count). The lowest BCUT2D eigenvalue weighted by Gasteiger charge is -2.11. The number of hydrogen-bond acceptors (Lipinski definition) is 3. The Morgan fingerprint density at radius 3 is 2.67 bits per heavy atom. The molecule has 6 heteroatoms. The molecule has 140 valence electrons. The number of rotatable bonds is 7. The molecule has 0 radical (unpaired) electrons. The topological polar surface area (TPSA) is 50.2 Å². The van der Waals surface area contributed by atoms with E-state index < -0.39 is 0 Å². The van der Waals surface area contributed by atoms with Gasteiger partial charge in [0.1, 0.15) is 5.82 Å². The van der Waals surface area contributed by atoms with Gasteiger partial charge in [0.15, 0.2) is 0 Å². The first-order chi connectivity index (χ1) is 13.0. The molecule has 1 heterocycles. The van der Waals surface area contributed by atoms with Crippen LogP contribution in [0.4, 0.5) is 4.39 Å². The molecule has 0 bridgehead atoms. The Hall–Kier alpha value is -2.99. The summed E-state index contributed by atoms with van der Waals surface area (Å²) < 4.78 is 15.5. The third-order valence-corrected chi connectivity index (χ3v) is 4.18. The van der Waals surface area contributed by atoms with Gasteiger partial charge in [0, 0.05) is 19.3 Å². The SMILES string of the molecule is CN(C)Cc1cn(-c2ccccc2C(=O)NCCc2ccccc2F)cn1. The van der Waals surface area contributed by atoms with E-state index in [1.165, 1.54) is 6.07 Å². The monoisotopic (exact) mass is 366 g/mol. The van der Waals surface area contributed by atoms with Gasteiger partial charge in [-0.05, 0) is 44.3 Å². The van der Waals surface area contributed by atoms with Crippen molar-refractivity contribution in [1.82, 2.24) is 19.8 Å². The van der Waals surface area contributed by atoms with Gasteiger partial charge in [0.25, 0.3) is 5.91 Å². The van der Waals surface area contributed by atoms with Gasteiger partial charge in [-0.3, -0.25) is 4.79 Å². The number of aromatic nitrogens is 2. The molecular formula is C21H23FN4O. The van der Waals surface area contributed by atoms with Gasteiger partial charge in [-0.1, -0.05) is 30.3 Å². The Bertz CT molecular complexity index is 920. The fourth-order valence-corrected chi connectivity index (χ4v) is 2.90. The van der Waals surface area contributed by atoms with Crippen LogP contribution in [0.25, 0.3) is 5.69 Å². The molecule has 0 aliphatic carbocycles. The summed E-state index contributed by atoms with van der Waals surface area (Å²) in [4.78, 5) is 19.1. The predicted octanol–water partition coefficient (Wildman–Crippen LogP) is 3.05. The molecule has 27 heavy (non-hydrogen) atoms. The van der Waals surface area contributed by atoms with Crippen molar-refractivity contribution < 1.29 is 9.18 Å². The number of amides is 1. The molecule has 1 aromatic heterocycles. The fourth-order valence-electron chi connectivity index (χ4n) is 2.90. The Balaban J connectivity index is 1.70. The quantitative estimate of drug-likeness (QED) is 0.699. The molecule has 0 saturated heterocycles. The average molecular weight is 366 g/mol. The molecule has 0 unspecified atom stereocenters. The summed E-state index contributed by atoms with van der Waals surface area (Å²) in [6.07, 6.45) is 4.08. The van der Waals surface area contributed by atoms with Gasteiger partial charge in [0.2, 0.25) is 0 Å². The van der Waals surface area contributed by atoms with Crippen LogP contribution in [-0.4, -0.2) is 41.0 Å². The number of nitrogens with one attached hydrogen (secondary N) is 1. The second-order valence-corrected chi connectivity index (χ2v) is 6.62. The summed E-state index contributed by atoms with van der Waals surface area (Å²) >= 11 is 0. The third kappa shape index (κ3) is 4.80. The van der Waals surface area contributed by atoms with Gasteiger partial charge in [-0.15, -0.1) is 0 Å². The van der Waals surface area contributed by atoms with E-state index in [1.54, 1.807) is 30.6 Å². The number of imidazole rings is 1. The van der Waals surface area contributed by atoms with Crippen molar-refractivity contribution in [2.75, 3.05) is 20.6 Å². The van der Waals surface area contributed by atoms with Crippen molar-refractivity contribution in [2.24, 2.45) is 0 Å². The highest BCUT2D eigenvalue weighted by molar-refractivity contribution is 5.97. The highest BCUT2D eigenvalue weighted by Gasteiger charge is 2.13. The van der Waals surface area contributed by atoms with Crippen molar-refractivity contribution in [1.29, 1.82) is 0 Å². The summed E-state index contributed by atoms with van der Waals surface area (Å²) in [6.45, 7) is 1.09. The number of benzene rings is 2. The molecular weight excluding hydrogens is 343 g/mol. The summed E-state index contributed by atoms with van der Waals surface area (Å²) in [7, 11) is 3.96. The number of carbonyl (C=O) groups is 1. The van der Waals surface area contributed by atoms with Gasteiger partial charge < -0.3 is 14.8 Å². The summed E-state index contributed by atoms with van der Waals surface area (Å²) in [5.41, 5.74) is 2.84. The van der Waals surface area contributed by atoms with E-state index in [4.69, 9.17) is 0 Å². The van der Waals surface area contributed by atoms with Crippen LogP contribution < -0.4 is 5.32 Å². The van der Waals surface area contributed by atoms with Crippen molar-refractivity contribution in [3.05, 3.63) is 83.7 Å². The molecule has 1 amide bonds. The first-order valence-electron chi connectivity index (χ1n) is 8.83. The average Bonchev–Trinajstić information content (AvgIpc) is 3.11. The zero-order chi connectivity index (χ0) is 19.2. The van der Waals surface area contributed by atoms with E-state index >= 15 is 0 Å². The molecule has 0 spiro atoms. The second kappa shape index (κ2) is 8.60. The molecule has 5 nitrogen and oxygen atoms in total. The molecule has 3 aromatic rings. The van der Waals surface area contributed by atoms with Crippen molar-refractivity contribution in [2.45, 2.75) is 13.0 Å². The lowest BCUT2D eigenvalue weighted by molar-refractivity contribution is 0.0954. The number of hydrogen-bond donors (Lipinski definition) is 1. The van der Waals surface area contributed by atoms with Crippen LogP contribution in [0.3, 0.4) is 0 Å². The smallest absolute Gasteiger partial charge is 0.253 e. The number of para-hydroxylation sites is 1. The number of nitrogens with zero attached hydrogens (tertiary/aromatic N) is 3. The highest BCUT2D eigenvalue weighted by atomic mass is 19.1. The number of halogens is 1. The first kappa shape index (κ1) is 18.8. The molecule has 0 atom stereocenters. The lowest BCUT2D eigenvalue weighted by atomic mass is 10.1. The van der Waals surface area contributed by atoms with E-state index in [2.05, 4.69) is 10.3 Å². The third-order valence-electron chi connectivity index (χ3n) is 4.18. The maximum Gasteiger partial charge on any atom is 0.253 e. The first-order valence-corrected chi connectivity index (χ1v) is 8.83. The largest absolute Gasteiger partial charge is 0.352 e. The van der Waals surface area contributed by atoms with Gasteiger partial charge in [0.05, 0.1) is 23.3 Å². The second-order valence-electron chi connectivity index (χ2n) is 6.62. The van der Waals surface area contributed by atoms with Crippen LogP contribution in [-0.2, 0) is 13.0 Å². The normalized spacial score (nSPS) is 11.0. The van der Waals surface area contributed by atoms with Crippen LogP contribution in [0, 0.1) is 5.82 Å². The van der Waals surface area contributed by atoms with Crippen molar-refractivity contribution in [3.63, 3.8) is 0 Å². The van der Waals surface area contributed by atoms with Crippen molar-refractivity contribution in [3.8, 4) is 5.69 Å². The molecule has 1 N–H and O–H groups in total. The van der Waals surface area contributed by atoms with Crippen LogP contribution in [0.5, 0.6) is 0 Å². The highest BCUT2D eigenvalue weighted by Crippen LogP contribution is 2.16. The molecule has 2 aromatic carbocycles. The molecule has 0 fully saturated rings. The summed E-state index contributed by atoms with van der Waals surface area (Å²) in [6, 6.07) is 14.0. The van der Waals surface area contributed by atoms with E-state index in [0.29, 0.717) is 24.1 Å². The zero-order valence-corrected chi connectivity index (χ0v) is 15.5. The minimum atomic E-state index is -0.251. The Kier molecular flexibility index (Phi) is 5.98. The zero-order valence-electron chi connectivity index (χ0n) is 15.5. The maximum atomic E-state index is 13.7. The Labute approximate surface area is 158 Å². The standard InChI is InChI=1S/C21H23FN4O/c1-25(2)13-17-14-26(15-24-17)20-10-6-4-8-18(20)21(27)23-12-11-16-7-3-5-9-19(16)22/h3-10,14-15H,11-13H2,1-2H3,(H,23,27). The summed E-state index contributed by atoms with van der Waals surface area (Å²) in [5.74, 6) is -0.441. The van der Waals surface area contributed by atoms with E-state index in [0.717, 1.165) is 17.9 Å². The minimum absolute atomic E-state index is 0.190. The lowest BCUT2D eigenvalue weighted by Crippen LogP contribution is -2.27. The molecule has 0 aliphatic heterocycles. The van der Waals surface area contributed by atoms with Gasteiger partial charge in [-0.25, -0.2) is 9.37 Å². The van der Waals surface area contributed by atoms with Crippen LogP contribution in [0.1, 0.15) is 21.6 Å². The Morgan fingerprint density at radius 1 is 1.15 bits per heavy atom.